The Balaban J connectivity index is 1.57. The van der Waals surface area contributed by atoms with Crippen LogP contribution in [-0.2, 0) is 7.05 Å². The number of rotatable bonds is 4. The van der Waals surface area contributed by atoms with Crippen LogP contribution in [0.25, 0.3) is 17.1 Å². The number of amides is 1. The third-order valence-electron chi connectivity index (χ3n) is 3.92. The molecule has 0 saturated heterocycles. The highest BCUT2D eigenvalue weighted by Gasteiger charge is 2.15. The number of hydrogen-bond donors (Lipinski definition) is 1. The van der Waals surface area contributed by atoms with E-state index in [2.05, 4.69) is 25.4 Å². The summed E-state index contributed by atoms with van der Waals surface area (Å²) in [7, 11) is 1.67. The van der Waals surface area contributed by atoms with Crippen molar-refractivity contribution in [3.05, 3.63) is 73.0 Å². The fourth-order valence-electron chi connectivity index (χ4n) is 2.57. The van der Waals surface area contributed by atoms with Gasteiger partial charge in [0.1, 0.15) is 35.8 Å². The fraction of sp³-hybridized carbons (Fsp3) is 0.0556. The Morgan fingerprint density at radius 3 is 2.70 bits per heavy atom. The second kappa shape index (κ2) is 6.79. The first-order chi connectivity index (χ1) is 13.1. The molecule has 0 unspecified atom stereocenters. The number of halogens is 1. The zero-order valence-corrected chi connectivity index (χ0v) is 14.2. The number of aromatic nitrogens is 6. The van der Waals surface area contributed by atoms with Crippen LogP contribution in [-0.4, -0.2) is 35.2 Å². The molecule has 0 bridgehead atoms. The normalized spacial score (nSPS) is 10.7. The van der Waals surface area contributed by atoms with Gasteiger partial charge in [0.05, 0.1) is 5.69 Å². The van der Waals surface area contributed by atoms with Gasteiger partial charge in [0.2, 0.25) is 0 Å². The van der Waals surface area contributed by atoms with Gasteiger partial charge in [-0.05, 0) is 30.3 Å². The molecule has 4 rings (SSSR count). The number of anilines is 1. The van der Waals surface area contributed by atoms with Gasteiger partial charge in [-0.2, -0.15) is 5.10 Å². The number of nitrogens with zero attached hydrogens (tertiary/aromatic N) is 6. The lowest BCUT2D eigenvalue weighted by Gasteiger charge is -2.06. The molecule has 3 aromatic heterocycles. The van der Waals surface area contributed by atoms with E-state index in [4.69, 9.17) is 0 Å². The van der Waals surface area contributed by atoms with Crippen LogP contribution < -0.4 is 5.32 Å². The average molecular weight is 363 g/mol. The number of nitrogens with one attached hydrogen (secondary N) is 1. The van der Waals surface area contributed by atoms with E-state index < -0.39 is 0 Å². The van der Waals surface area contributed by atoms with Crippen LogP contribution in [0.3, 0.4) is 0 Å². The van der Waals surface area contributed by atoms with E-state index in [1.165, 1.54) is 23.1 Å². The number of hydrogen-bond acceptors (Lipinski definition) is 5. The summed E-state index contributed by atoms with van der Waals surface area (Å²) in [5.74, 6) is 0.233. The van der Waals surface area contributed by atoms with Crippen molar-refractivity contribution in [2.45, 2.75) is 0 Å². The molecule has 27 heavy (non-hydrogen) atoms. The highest BCUT2D eigenvalue weighted by molar-refractivity contribution is 6.03. The first kappa shape index (κ1) is 16.6. The lowest BCUT2D eigenvalue weighted by molar-refractivity contribution is 0.101. The van der Waals surface area contributed by atoms with E-state index in [9.17, 15) is 9.18 Å². The van der Waals surface area contributed by atoms with Crippen LogP contribution in [0.15, 0.2) is 61.4 Å². The first-order valence-corrected chi connectivity index (χ1v) is 8.02. The van der Waals surface area contributed by atoms with Crippen molar-refractivity contribution in [1.29, 1.82) is 0 Å². The maximum atomic E-state index is 13.1. The fourth-order valence-corrected chi connectivity index (χ4v) is 2.57. The van der Waals surface area contributed by atoms with Gasteiger partial charge < -0.3 is 5.32 Å². The second-order valence-electron chi connectivity index (χ2n) is 5.73. The molecule has 0 radical (unpaired) electrons. The lowest BCUT2D eigenvalue weighted by Crippen LogP contribution is -2.17. The molecule has 134 valence electrons. The van der Waals surface area contributed by atoms with Gasteiger partial charge in [-0.3, -0.25) is 14.0 Å². The minimum atomic E-state index is -0.367. The van der Waals surface area contributed by atoms with E-state index in [1.807, 2.05) is 0 Å². The monoisotopic (exact) mass is 363 g/mol. The summed E-state index contributed by atoms with van der Waals surface area (Å²) in [4.78, 5) is 24.8. The Labute approximate surface area is 153 Å². The Morgan fingerprint density at radius 1 is 1.15 bits per heavy atom. The topological polar surface area (TPSA) is 90.5 Å². The van der Waals surface area contributed by atoms with Gasteiger partial charge in [0.25, 0.3) is 5.91 Å². The Bertz CT molecular complexity index is 1090. The lowest BCUT2D eigenvalue weighted by atomic mass is 10.1. The van der Waals surface area contributed by atoms with Crippen molar-refractivity contribution in [3.8, 4) is 17.1 Å². The zero-order valence-electron chi connectivity index (χ0n) is 14.2. The molecule has 0 atom stereocenters. The number of carbonyl (C=O) groups is 1. The maximum Gasteiger partial charge on any atom is 0.275 e. The minimum Gasteiger partial charge on any atom is -0.305 e. The highest BCUT2D eigenvalue weighted by Crippen LogP contribution is 2.20. The van der Waals surface area contributed by atoms with Crippen molar-refractivity contribution >= 4 is 11.7 Å². The molecule has 0 saturated carbocycles. The van der Waals surface area contributed by atoms with Gasteiger partial charge in [-0.25, -0.2) is 19.3 Å². The van der Waals surface area contributed by atoms with Gasteiger partial charge in [0, 0.05) is 31.1 Å². The predicted octanol–water partition coefficient (Wildman–Crippen LogP) is 2.45. The average Bonchev–Trinajstić information content (AvgIpc) is 3.32. The molecule has 0 aliphatic rings. The molecule has 4 aromatic rings. The Kier molecular flexibility index (Phi) is 4.17. The minimum absolute atomic E-state index is 0.329. The number of aryl methyl sites for hydroxylation is 1. The summed E-state index contributed by atoms with van der Waals surface area (Å²) < 4.78 is 16.3. The smallest absolute Gasteiger partial charge is 0.275 e. The summed E-state index contributed by atoms with van der Waals surface area (Å²) in [6.45, 7) is 0. The Morgan fingerprint density at radius 2 is 1.96 bits per heavy atom. The van der Waals surface area contributed by atoms with Crippen molar-refractivity contribution in [3.63, 3.8) is 0 Å². The molecule has 0 fully saturated rings. The largest absolute Gasteiger partial charge is 0.305 e. The quantitative estimate of drug-likeness (QED) is 0.601. The third-order valence-corrected chi connectivity index (χ3v) is 3.92. The van der Waals surface area contributed by atoms with Gasteiger partial charge >= 0.3 is 0 Å². The Hall–Kier alpha value is -3.88. The van der Waals surface area contributed by atoms with Crippen LogP contribution in [0.1, 0.15) is 10.5 Å². The van der Waals surface area contributed by atoms with Crippen LogP contribution >= 0.6 is 0 Å². The molecular formula is C18H14FN7O. The summed E-state index contributed by atoms with van der Waals surface area (Å²) in [6, 6.07) is 9.20. The van der Waals surface area contributed by atoms with Gasteiger partial charge in [-0.15, -0.1) is 0 Å². The molecule has 0 aliphatic carbocycles. The van der Waals surface area contributed by atoms with E-state index in [0.29, 0.717) is 23.0 Å². The third kappa shape index (κ3) is 3.43. The maximum absolute atomic E-state index is 13.1. The van der Waals surface area contributed by atoms with E-state index >= 15 is 0 Å². The zero-order chi connectivity index (χ0) is 18.8. The number of benzene rings is 1. The van der Waals surface area contributed by atoms with E-state index in [-0.39, 0.29) is 11.7 Å². The molecule has 3 heterocycles. The van der Waals surface area contributed by atoms with Crippen LogP contribution in [0.2, 0.25) is 0 Å². The molecule has 1 N–H and O–H groups in total. The summed E-state index contributed by atoms with van der Waals surface area (Å²) in [6.07, 6.45) is 6.33. The molecule has 9 heteroatoms. The molecule has 1 amide bonds. The van der Waals surface area contributed by atoms with Crippen molar-refractivity contribution in [2.24, 2.45) is 7.05 Å². The van der Waals surface area contributed by atoms with Crippen molar-refractivity contribution in [2.75, 3.05) is 5.32 Å². The SMILES string of the molecule is Cn1nc(-c2ccc(F)cc2)cc1C(=O)Nc1cc(-n2ccnc2)ncn1. The molecular weight excluding hydrogens is 349 g/mol. The van der Waals surface area contributed by atoms with E-state index in [0.717, 1.165) is 5.56 Å². The van der Waals surface area contributed by atoms with E-state index in [1.54, 1.807) is 54.6 Å². The number of imidazole rings is 1. The molecule has 0 spiro atoms. The van der Waals surface area contributed by atoms with Gasteiger partial charge in [-0.1, -0.05) is 0 Å². The summed E-state index contributed by atoms with van der Waals surface area (Å²) in [5, 5.41) is 7.05. The predicted molar refractivity (Wildman–Crippen MR) is 95.7 cm³/mol. The van der Waals surface area contributed by atoms with Crippen LogP contribution in [0, 0.1) is 5.82 Å². The second-order valence-corrected chi connectivity index (χ2v) is 5.73. The van der Waals surface area contributed by atoms with Crippen LogP contribution in [0.5, 0.6) is 0 Å². The summed E-state index contributed by atoms with van der Waals surface area (Å²) >= 11 is 0. The van der Waals surface area contributed by atoms with Crippen molar-refractivity contribution < 1.29 is 9.18 Å². The van der Waals surface area contributed by atoms with Crippen LogP contribution in [0.4, 0.5) is 10.2 Å². The van der Waals surface area contributed by atoms with Gasteiger partial charge in [0.15, 0.2) is 0 Å². The standard InChI is InChI=1S/C18H14FN7O/c1-25-15(8-14(24-25)12-2-4-13(19)5-3-12)18(27)23-16-9-17(22-10-21-16)26-7-6-20-11-26/h2-11H,1H3,(H,21,22,23,27). The highest BCUT2D eigenvalue weighted by atomic mass is 19.1. The summed E-state index contributed by atoms with van der Waals surface area (Å²) in [5.41, 5.74) is 1.64. The first-order valence-electron chi connectivity index (χ1n) is 8.02. The number of carbonyl (C=O) groups excluding carboxylic acids is 1. The molecule has 1 aromatic carbocycles. The molecule has 8 nitrogen and oxygen atoms in total. The molecule has 0 aliphatic heterocycles. The van der Waals surface area contributed by atoms with Crippen molar-refractivity contribution in [1.82, 2.24) is 29.3 Å².